The van der Waals surface area contributed by atoms with E-state index >= 15 is 0 Å². The van der Waals surface area contributed by atoms with Gasteiger partial charge in [-0.3, -0.25) is 0 Å². The number of rotatable bonds is 3. The van der Waals surface area contributed by atoms with Crippen LogP contribution in [0.2, 0.25) is 0 Å². The van der Waals surface area contributed by atoms with Crippen molar-refractivity contribution in [2.75, 3.05) is 5.75 Å². The molecule has 2 aromatic carbocycles. The zero-order valence-electron chi connectivity index (χ0n) is 16.9. The van der Waals surface area contributed by atoms with Gasteiger partial charge in [-0.25, -0.2) is 4.39 Å². The zero-order valence-corrected chi connectivity index (χ0v) is 17.7. The van der Waals surface area contributed by atoms with Gasteiger partial charge in [0.1, 0.15) is 11.6 Å². The highest BCUT2D eigenvalue weighted by atomic mass is 32.2. The number of aryl methyl sites for hydroxylation is 1. The predicted octanol–water partition coefficient (Wildman–Crippen LogP) is 5.91. The molecule has 5 atom stereocenters. The normalized spacial score (nSPS) is 35.6. The summed E-state index contributed by atoms with van der Waals surface area (Å²) < 4.78 is 13.2. The molecule has 29 heavy (non-hydrogen) atoms. The quantitative estimate of drug-likeness (QED) is 0.616. The molecule has 154 valence electrons. The molecule has 2 aromatic rings. The number of halogens is 1. The van der Waals surface area contributed by atoms with Crippen LogP contribution in [0.25, 0.3) is 0 Å². The first-order valence-corrected chi connectivity index (χ1v) is 11.8. The SMILES string of the molecule is C[C@]12CCC3c4ccc(O)cc4CCC3C1CCC2(O)CSc1ccc(F)cc1. The summed E-state index contributed by atoms with van der Waals surface area (Å²) in [6, 6.07) is 12.5. The molecule has 0 heterocycles. The van der Waals surface area contributed by atoms with E-state index in [1.54, 1.807) is 11.8 Å². The van der Waals surface area contributed by atoms with Crippen LogP contribution in [0.1, 0.15) is 56.1 Å². The maximum Gasteiger partial charge on any atom is 0.123 e. The van der Waals surface area contributed by atoms with Crippen molar-refractivity contribution in [3.05, 3.63) is 59.4 Å². The molecule has 0 spiro atoms. The minimum absolute atomic E-state index is 0.0599. The van der Waals surface area contributed by atoms with Crippen molar-refractivity contribution in [3.8, 4) is 5.75 Å². The van der Waals surface area contributed by atoms with Crippen molar-refractivity contribution in [2.45, 2.75) is 61.9 Å². The lowest BCUT2D eigenvalue weighted by atomic mass is 9.53. The summed E-state index contributed by atoms with van der Waals surface area (Å²) in [5.41, 5.74) is 2.01. The molecule has 5 rings (SSSR count). The van der Waals surface area contributed by atoms with E-state index in [9.17, 15) is 14.6 Å². The third kappa shape index (κ3) is 3.11. The van der Waals surface area contributed by atoms with Crippen molar-refractivity contribution in [2.24, 2.45) is 17.3 Å². The average molecular weight is 413 g/mol. The molecule has 2 saturated carbocycles. The molecule has 3 aliphatic carbocycles. The van der Waals surface area contributed by atoms with Crippen LogP contribution in [0.3, 0.4) is 0 Å². The van der Waals surface area contributed by atoms with Gasteiger partial charge in [-0.05, 0) is 104 Å². The molecule has 2 N–H and O–H groups in total. The predicted molar refractivity (Wildman–Crippen MR) is 115 cm³/mol. The zero-order chi connectivity index (χ0) is 20.2. The fourth-order valence-electron chi connectivity index (χ4n) is 6.65. The second-order valence-electron chi connectivity index (χ2n) is 9.57. The van der Waals surface area contributed by atoms with Gasteiger partial charge in [0, 0.05) is 16.1 Å². The number of thioether (sulfide) groups is 1. The van der Waals surface area contributed by atoms with Gasteiger partial charge < -0.3 is 10.2 Å². The number of aromatic hydroxyl groups is 1. The van der Waals surface area contributed by atoms with Gasteiger partial charge in [0.05, 0.1) is 5.60 Å². The Bertz CT molecular complexity index is 914. The van der Waals surface area contributed by atoms with E-state index in [0.29, 0.717) is 29.3 Å². The van der Waals surface area contributed by atoms with E-state index in [1.165, 1.54) is 23.3 Å². The summed E-state index contributed by atoms with van der Waals surface area (Å²) in [7, 11) is 0. The molecule has 4 unspecified atom stereocenters. The molecule has 0 saturated heterocycles. The summed E-state index contributed by atoms with van der Waals surface area (Å²) in [6.45, 7) is 2.32. The van der Waals surface area contributed by atoms with Crippen LogP contribution in [0.5, 0.6) is 5.75 Å². The third-order valence-electron chi connectivity index (χ3n) is 8.32. The Morgan fingerprint density at radius 1 is 1.07 bits per heavy atom. The molecule has 0 bridgehead atoms. The van der Waals surface area contributed by atoms with Gasteiger partial charge in [-0.2, -0.15) is 0 Å². The molecule has 3 aliphatic rings. The van der Waals surface area contributed by atoms with Crippen LogP contribution < -0.4 is 0 Å². The van der Waals surface area contributed by atoms with Gasteiger partial charge in [-0.15, -0.1) is 11.8 Å². The third-order valence-corrected chi connectivity index (χ3v) is 9.55. The minimum atomic E-state index is -0.670. The lowest BCUT2D eigenvalue weighted by molar-refractivity contribution is -0.0868. The fourth-order valence-corrected chi connectivity index (χ4v) is 7.86. The first-order chi connectivity index (χ1) is 13.9. The Labute approximate surface area is 176 Å². The molecule has 0 radical (unpaired) electrons. The maximum atomic E-state index is 13.2. The van der Waals surface area contributed by atoms with Crippen LogP contribution in [-0.4, -0.2) is 21.6 Å². The van der Waals surface area contributed by atoms with Gasteiger partial charge in [-0.1, -0.05) is 13.0 Å². The summed E-state index contributed by atoms with van der Waals surface area (Å²) >= 11 is 1.65. The lowest BCUT2D eigenvalue weighted by Crippen LogP contribution is -2.52. The summed E-state index contributed by atoms with van der Waals surface area (Å²) in [6.07, 6.45) is 6.28. The summed E-state index contributed by atoms with van der Waals surface area (Å²) in [5, 5.41) is 21.6. The average Bonchev–Trinajstić information content (AvgIpc) is 2.98. The van der Waals surface area contributed by atoms with E-state index in [-0.39, 0.29) is 11.2 Å². The molecule has 0 amide bonds. The molecular weight excluding hydrogens is 383 g/mol. The van der Waals surface area contributed by atoms with E-state index in [1.807, 2.05) is 24.3 Å². The van der Waals surface area contributed by atoms with Crippen molar-refractivity contribution >= 4 is 11.8 Å². The highest BCUT2D eigenvalue weighted by Gasteiger charge is 2.61. The molecule has 2 fully saturated rings. The smallest absolute Gasteiger partial charge is 0.123 e. The second kappa shape index (κ2) is 7.02. The number of hydrogen-bond acceptors (Lipinski definition) is 3. The van der Waals surface area contributed by atoms with Crippen LogP contribution in [0.15, 0.2) is 47.4 Å². The van der Waals surface area contributed by atoms with E-state index in [4.69, 9.17) is 0 Å². The largest absolute Gasteiger partial charge is 0.508 e. The van der Waals surface area contributed by atoms with Crippen molar-refractivity contribution in [3.63, 3.8) is 0 Å². The maximum absolute atomic E-state index is 13.2. The summed E-state index contributed by atoms with van der Waals surface area (Å²) in [4.78, 5) is 1.02. The summed E-state index contributed by atoms with van der Waals surface area (Å²) in [5.74, 6) is 2.55. The first-order valence-electron chi connectivity index (χ1n) is 10.8. The Hall–Kier alpha value is -1.52. The second-order valence-corrected chi connectivity index (χ2v) is 10.6. The number of phenolic OH excluding ortho intramolecular Hbond substituents is 1. The first kappa shape index (κ1) is 19.4. The van der Waals surface area contributed by atoms with Crippen LogP contribution in [0.4, 0.5) is 4.39 Å². The fraction of sp³-hybridized carbons (Fsp3) is 0.520. The van der Waals surface area contributed by atoms with Gasteiger partial charge in [0.2, 0.25) is 0 Å². The van der Waals surface area contributed by atoms with Gasteiger partial charge in [0.25, 0.3) is 0 Å². The van der Waals surface area contributed by atoms with Crippen LogP contribution >= 0.6 is 11.8 Å². The van der Waals surface area contributed by atoms with Crippen LogP contribution in [-0.2, 0) is 6.42 Å². The van der Waals surface area contributed by atoms with Gasteiger partial charge in [0.15, 0.2) is 0 Å². The van der Waals surface area contributed by atoms with Crippen molar-refractivity contribution < 1.29 is 14.6 Å². The molecule has 0 aromatic heterocycles. The van der Waals surface area contributed by atoms with Crippen molar-refractivity contribution in [1.29, 1.82) is 0 Å². The molecule has 4 heteroatoms. The molecule has 0 aliphatic heterocycles. The molecular formula is C25H29FO2S. The highest BCUT2D eigenvalue weighted by Crippen LogP contribution is 2.64. The minimum Gasteiger partial charge on any atom is -0.508 e. The highest BCUT2D eigenvalue weighted by molar-refractivity contribution is 7.99. The number of fused-ring (bicyclic) bond motifs is 5. The van der Waals surface area contributed by atoms with Gasteiger partial charge >= 0.3 is 0 Å². The Morgan fingerprint density at radius 3 is 2.66 bits per heavy atom. The standard InChI is InChI=1S/C25H29FO2S/c1-24-12-10-21-20-9-5-18(27)14-16(20)2-8-22(21)23(24)11-13-25(24,28)15-29-19-6-3-17(26)4-7-19/h3-7,9,14,21-23,27-28H,2,8,10-13,15H2,1H3/t21?,22?,23?,24-,25?/m0/s1. The lowest BCUT2D eigenvalue weighted by Gasteiger charge is -2.53. The monoisotopic (exact) mass is 412 g/mol. The number of hydrogen-bond donors (Lipinski definition) is 2. The number of phenols is 1. The number of benzene rings is 2. The Morgan fingerprint density at radius 2 is 1.86 bits per heavy atom. The Balaban J connectivity index is 1.37. The van der Waals surface area contributed by atoms with Crippen molar-refractivity contribution in [1.82, 2.24) is 0 Å². The van der Waals surface area contributed by atoms with E-state index in [0.717, 1.165) is 43.4 Å². The van der Waals surface area contributed by atoms with E-state index < -0.39 is 5.60 Å². The van der Waals surface area contributed by atoms with Crippen LogP contribution in [0, 0.1) is 23.1 Å². The number of aliphatic hydroxyl groups is 1. The topological polar surface area (TPSA) is 40.5 Å². The molecule has 2 nitrogen and oxygen atoms in total. The Kier molecular flexibility index (Phi) is 4.71. The van der Waals surface area contributed by atoms with E-state index in [2.05, 4.69) is 13.0 Å².